The van der Waals surface area contributed by atoms with Crippen LogP contribution in [-0.2, 0) is 11.2 Å². The summed E-state index contributed by atoms with van der Waals surface area (Å²) in [5.74, 6) is 0.729. The molecule has 1 aromatic carbocycles. The van der Waals surface area contributed by atoms with Crippen LogP contribution in [0.4, 0.5) is 0 Å². The van der Waals surface area contributed by atoms with Crippen LogP contribution in [-0.4, -0.2) is 23.4 Å². The second-order valence-corrected chi connectivity index (χ2v) is 5.93. The topological polar surface area (TPSA) is 29.5 Å². The molecule has 2 heteroatoms. The van der Waals surface area contributed by atoms with Crippen LogP contribution >= 0.6 is 0 Å². The minimum absolute atomic E-state index is 0.178. The second kappa shape index (κ2) is 6.53. The molecule has 0 aromatic heterocycles. The highest BCUT2D eigenvalue weighted by Gasteiger charge is 2.40. The molecule has 1 saturated heterocycles. The van der Waals surface area contributed by atoms with Gasteiger partial charge in [-0.05, 0) is 44.6 Å². The molecule has 1 N–H and O–H groups in total. The third-order valence-corrected chi connectivity index (χ3v) is 4.57. The average molecular weight is 262 g/mol. The van der Waals surface area contributed by atoms with Crippen molar-refractivity contribution in [3.05, 3.63) is 35.9 Å². The molecule has 106 valence electrons. The van der Waals surface area contributed by atoms with Crippen LogP contribution in [0.25, 0.3) is 0 Å². The molecule has 1 aliphatic heterocycles. The van der Waals surface area contributed by atoms with Crippen LogP contribution in [0.15, 0.2) is 30.3 Å². The van der Waals surface area contributed by atoms with Crippen molar-refractivity contribution < 1.29 is 9.84 Å². The Morgan fingerprint density at radius 2 is 1.79 bits per heavy atom. The smallest absolute Gasteiger partial charge is 0.0607 e. The van der Waals surface area contributed by atoms with E-state index in [9.17, 15) is 5.11 Å². The zero-order chi connectivity index (χ0) is 13.8. The molecule has 0 saturated carbocycles. The molecule has 1 aliphatic rings. The molecule has 2 nitrogen and oxygen atoms in total. The summed E-state index contributed by atoms with van der Waals surface area (Å²) >= 11 is 0. The average Bonchev–Trinajstić information content (AvgIpc) is 2.64. The Morgan fingerprint density at radius 3 is 2.37 bits per heavy atom. The van der Waals surface area contributed by atoms with Gasteiger partial charge in [-0.15, -0.1) is 0 Å². The molecule has 0 bridgehead atoms. The second-order valence-electron chi connectivity index (χ2n) is 5.93. The quantitative estimate of drug-likeness (QED) is 0.881. The summed E-state index contributed by atoms with van der Waals surface area (Å²) in [6.07, 6.45) is 3.16. The van der Waals surface area contributed by atoms with E-state index in [1.165, 1.54) is 5.56 Å². The zero-order valence-electron chi connectivity index (χ0n) is 12.3. The van der Waals surface area contributed by atoms with E-state index in [0.29, 0.717) is 5.92 Å². The van der Waals surface area contributed by atoms with Crippen LogP contribution in [0, 0.1) is 11.8 Å². The molecule has 0 spiro atoms. The van der Waals surface area contributed by atoms with Crippen LogP contribution in [0.1, 0.15) is 39.2 Å². The molecule has 19 heavy (non-hydrogen) atoms. The van der Waals surface area contributed by atoms with Crippen LogP contribution < -0.4 is 0 Å². The molecule has 1 heterocycles. The van der Waals surface area contributed by atoms with Crippen LogP contribution in [0.3, 0.4) is 0 Å². The molecule has 1 aromatic rings. The number of benzene rings is 1. The molecule has 1 fully saturated rings. The fourth-order valence-electron chi connectivity index (χ4n) is 3.31. The zero-order valence-corrected chi connectivity index (χ0v) is 12.3. The van der Waals surface area contributed by atoms with Crippen LogP contribution in [0.2, 0.25) is 0 Å². The van der Waals surface area contributed by atoms with E-state index in [1.807, 2.05) is 6.07 Å². The van der Waals surface area contributed by atoms with Crippen molar-refractivity contribution >= 4 is 0 Å². The van der Waals surface area contributed by atoms with Crippen molar-refractivity contribution in [2.45, 2.75) is 58.3 Å². The fraction of sp³-hybridized carbons (Fsp3) is 0.647. The monoisotopic (exact) mass is 262 g/mol. The summed E-state index contributed by atoms with van der Waals surface area (Å²) in [6, 6.07) is 10.5. The number of aliphatic hydroxyl groups is 1. The van der Waals surface area contributed by atoms with Gasteiger partial charge in [0, 0.05) is 5.92 Å². The largest absolute Gasteiger partial charge is 0.393 e. The van der Waals surface area contributed by atoms with Crippen molar-refractivity contribution in [3.63, 3.8) is 0 Å². The Hall–Kier alpha value is -0.860. The van der Waals surface area contributed by atoms with E-state index in [4.69, 9.17) is 4.74 Å². The van der Waals surface area contributed by atoms with Gasteiger partial charge in [-0.25, -0.2) is 0 Å². The first-order chi connectivity index (χ1) is 9.09. The number of ether oxygens (including phenoxy) is 1. The van der Waals surface area contributed by atoms with Gasteiger partial charge in [0.25, 0.3) is 0 Å². The molecule has 2 rings (SSSR count). The van der Waals surface area contributed by atoms with Gasteiger partial charge in [0.1, 0.15) is 0 Å². The lowest BCUT2D eigenvalue weighted by Gasteiger charge is -2.24. The first-order valence-corrected chi connectivity index (χ1v) is 7.47. The van der Waals surface area contributed by atoms with Crippen molar-refractivity contribution in [3.8, 4) is 0 Å². The minimum Gasteiger partial charge on any atom is -0.393 e. The normalized spacial score (nSPS) is 32.4. The molecular weight excluding hydrogens is 236 g/mol. The van der Waals surface area contributed by atoms with E-state index >= 15 is 0 Å². The first-order valence-electron chi connectivity index (χ1n) is 7.47. The molecule has 0 radical (unpaired) electrons. The molecule has 0 amide bonds. The highest BCUT2D eigenvalue weighted by atomic mass is 16.5. The SMILES string of the molecule is CC1OC(C)C(C(O)CCCc2ccccc2)C1C. The molecule has 0 aliphatic carbocycles. The lowest BCUT2D eigenvalue weighted by atomic mass is 9.83. The van der Waals surface area contributed by atoms with Crippen molar-refractivity contribution in [1.82, 2.24) is 0 Å². The van der Waals surface area contributed by atoms with Gasteiger partial charge in [0.05, 0.1) is 18.3 Å². The Balaban J connectivity index is 1.80. The van der Waals surface area contributed by atoms with Gasteiger partial charge < -0.3 is 9.84 Å². The van der Waals surface area contributed by atoms with Gasteiger partial charge in [-0.2, -0.15) is 0 Å². The molecular formula is C17H26O2. The van der Waals surface area contributed by atoms with E-state index in [1.54, 1.807) is 0 Å². The summed E-state index contributed by atoms with van der Waals surface area (Å²) in [7, 11) is 0. The van der Waals surface area contributed by atoms with Crippen LogP contribution in [0.5, 0.6) is 0 Å². The maximum absolute atomic E-state index is 10.4. The van der Waals surface area contributed by atoms with Gasteiger partial charge in [-0.3, -0.25) is 0 Å². The Labute approximate surface area is 116 Å². The summed E-state index contributed by atoms with van der Waals surface area (Å²) in [4.78, 5) is 0. The van der Waals surface area contributed by atoms with Crippen molar-refractivity contribution in [2.24, 2.45) is 11.8 Å². The van der Waals surface area contributed by atoms with Gasteiger partial charge in [0.2, 0.25) is 0 Å². The number of hydrogen-bond donors (Lipinski definition) is 1. The lowest BCUT2D eigenvalue weighted by Crippen LogP contribution is -2.30. The highest BCUT2D eigenvalue weighted by Crippen LogP contribution is 2.35. The predicted octanol–water partition coefficient (Wildman–Crippen LogP) is 3.43. The summed E-state index contributed by atoms with van der Waals surface area (Å²) in [6.45, 7) is 6.39. The van der Waals surface area contributed by atoms with Gasteiger partial charge >= 0.3 is 0 Å². The summed E-state index contributed by atoms with van der Waals surface area (Å²) < 4.78 is 5.81. The summed E-state index contributed by atoms with van der Waals surface area (Å²) in [5.41, 5.74) is 1.35. The standard InChI is InChI=1S/C17H26O2/c1-12-13(2)19-14(3)17(12)16(18)11-7-10-15-8-5-4-6-9-15/h4-6,8-9,12-14,16-18H,7,10-11H2,1-3H3. The number of hydrogen-bond acceptors (Lipinski definition) is 2. The summed E-state index contributed by atoms with van der Waals surface area (Å²) in [5, 5.41) is 10.4. The number of rotatable bonds is 5. The van der Waals surface area contributed by atoms with E-state index in [0.717, 1.165) is 19.3 Å². The first kappa shape index (κ1) is 14.5. The Morgan fingerprint density at radius 1 is 1.11 bits per heavy atom. The number of aryl methyl sites for hydroxylation is 1. The maximum atomic E-state index is 10.4. The number of aliphatic hydroxyl groups excluding tert-OH is 1. The molecule has 5 unspecified atom stereocenters. The minimum atomic E-state index is -0.237. The maximum Gasteiger partial charge on any atom is 0.0607 e. The third kappa shape index (κ3) is 3.58. The third-order valence-electron chi connectivity index (χ3n) is 4.57. The molecule has 5 atom stereocenters. The van der Waals surface area contributed by atoms with Gasteiger partial charge in [-0.1, -0.05) is 37.3 Å². The predicted molar refractivity (Wildman–Crippen MR) is 78.0 cm³/mol. The van der Waals surface area contributed by atoms with E-state index < -0.39 is 0 Å². The van der Waals surface area contributed by atoms with Crippen molar-refractivity contribution in [1.29, 1.82) is 0 Å². The Kier molecular flexibility index (Phi) is 5.00. The lowest BCUT2D eigenvalue weighted by molar-refractivity contribution is 0.0205. The van der Waals surface area contributed by atoms with Crippen molar-refractivity contribution in [2.75, 3.05) is 0 Å². The van der Waals surface area contributed by atoms with E-state index in [-0.39, 0.29) is 24.2 Å². The van der Waals surface area contributed by atoms with Gasteiger partial charge in [0.15, 0.2) is 0 Å². The highest BCUT2D eigenvalue weighted by molar-refractivity contribution is 5.14. The van der Waals surface area contributed by atoms with E-state index in [2.05, 4.69) is 45.0 Å². The Bertz CT molecular complexity index is 376. The fourth-order valence-corrected chi connectivity index (χ4v) is 3.31.